The fourth-order valence-electron chi connectivity index (χ4n) is 1.44. The van der Waals surface area contributed by atoms with Gasteiger partial charge in [0.25, 0.3) is 0 Å². The highest BCUT2D eigenvalue weighted by Crippen LogP contribution is 2.18. The lowest BCUT2D eigenvalue weighted by Gasteiger charge is -2.03. The van der Waals surface area contributed by atoms with Crippen LogP contribution in [0.25, 0.3) is 0 Å². The van der Waals surface area contributed by atoms with Crippen molar-refractivity contribution < 1.29 is 0 Å². The van der Waals surface area contributed by atoms with Gasteiger partial charge in [-0.3, -0.25) is 0 Å². The van der Waals surface area contributed by atoms with Crippen LogP contribution >= 0.6 is 22.6 Å². The van der Waals surface area contributed by atoms with Gasteiger partial charge >= 0.3 is 0 Å². The number of halogens is 1. The van der Waals surface area contributed by atoms with Crippen LogP contribution in [0.3, 0.4) is 0 Å². The minimum absolute atomic E-state index is 0.819. The molecule has 1 heterocycles. The van der Waals surface area contributed by atoms with E-state index in [0.717, 1.165) is 21.6 Å². The Morgan fingerprint density at radius 2 is 2.07 bits per heavy atom. The molecule has 14 heavy (non-hydrogen) atoms. The summed E-state index contributed by atoms with van der Waals surface area (Å²) in [5.41, 5.74) is 6.95. The van der Waals surface area contributed by atoms with Crippen molar-refractivity contribution in [3.8, 4) is 0 Å². The summed E-state index contributed by atoms with van der Waals surface area (Å²) in [6.45, 7) is 5.17. The Balaban J connectivity index is 2.47. The lowest BCUT2D eigenvalue weighted by atomic mass is 10.2. The predicted molar refractivity (Wildman–Crippen MR) is 68.2 cm³/mol. The first kappa shape index (κ1) is 11.8. The number of rotatable bonds is 5. The van der Waals surface area contributed by atoms with Crippen molar-refractivity contribution in [2.45, 2.75) is 46.1 Å². The lowest BCUT2D eigenvalue weighted by Crippen LogP contribution is -2.05. The molecular weight excluding hydrogens is 289 g/mol. The van der Waals surface area contributed by atoms with Crippen molar-refractivity contribution in [2.24, 2.45) is 0 Å². The first-order chi connectivity index (χ1) is 6.66. The number of aromatic nitrogens is 2. The fourth-order valence-corrected chi connectivity index (χ4v) is 1.82. The van der Waals surface area contributed by atoms with Gasteiger partial charge < -0.3 is 5.73 Å². The van der Waals surface area contributed by atoms with Crippen molar-refractivity contribution in [3.63, 3.8) is 0 Å². The monoisotopic (exact) mass is 307 g/mol. The molecule has 0 saturated heterocycles. The van der Waals surface area contributed by atoms with E-state index in [4.69, 9.17) is 5.73 Å². The number of nitrogen functional groups attached to an aromatic ring is 1. The van der Waals surface area contributed by atoms with Crippen LogP contribution in [0.4, 0.5) is 5.82 Å². The van der Waals surface area contributed by atoms with E-state index in [1.54, 1.807) is 0 Å². The second-order valence-corrected chi connectivity index (χ2v) is 4.65. The van der Waals surface area contributed by atoms with Crippen molar-refractivity contribution in [1.82, 2.24) is 9.78 Å². The lowest BCUT2D eigenvalue weighted by molar-refractivity contribution is 0.544. The summed E-state index contributed by atoms with van der Waals surface area (Å²) in [7, 11) is 0. The van der Waals surface area contributed by atoms with Crippen LogP contribution < -0.4 is 5.73 Å². The van der Waals surface area contributed by atoms with Crippen LogP contribution in [0.15, 0.2) is 0 Å². The van der Waals surface area contributed by atoms with E-state index >= 15 is 0 Å². The van der Waals surface area contributed by atoms with Crippen molar-refractivity contribution in [2.75, 3.05) is 5.73 Å². The molecule has 0 atom stereocenters. The maximum atomic E-state index is 5.91. The van der Waals surface area contributed by atoms with E-state index in [1.165, 1.54) is 25.7 Å². The summed E-state index contributed by atoms with van der Waals surface area (Å²) in [5, 5.41) is 4.39. The zero-order valence-electron chi connectivity index (χ0n) is 8.89. The zero-order valence-corrected chi connectivity index (χ0v) is 11.0. The molecule has 80 valence electrons. The van der Waals surface area contributed by atoms with E-state index in [2.05, 4.69) is 34.6 Å². The second kappa shape index (κ2) is 5.58. The average Bonchev–Trinajstić information content (AvgIpc) is 2.41. The first-order valence-corrected chi connectivity index (χ1v) is 6.23. The second-order valence-electron chi connectivity index (χ2n) is 3.57. The molecule has 0 fully saturated rings. The summed E-state index contributed by atoms with van der Waals surface area (Å²) in [6, 6.07) is 0. The Morgan fingerprint density at radius 3 is 2.57 bits per heavy atom. The van der Waals surface area contributed by atoms with Crippen LogP contribution in [0.1, 0.15) is 38.3 Å². The molecule has 4 heteroatoms. The van der Waals surface area contributed by atoms with E-state index in [-0.39, 0.29) is 0 Å². The number of nitrogens with two attached hydrogens (primary N) is 1. The summed E-state index contributed by atoms with van der Waals surface area (Å²) < 4.78 is 3.02. The third-order valence-electron chi connectivity index (χ3n) is 2.31. The molecule has 0 bridgehead atoms. The topological polar surface area (TPSA) is 43.8 Å². The average molecular weight is 307 g/mol. The molecule has 1 aromatic heterocycles. The molecule has 1 aromatic rings. The number of hydrogen-bond acceptors (Lipinski definition) is 2. The van der Waals surface area contributed by atoms with E-state index < -0.39 is 0 Å². The Labute approximate surface area is 99.2 Å². The molecule has 0 aliphatic heterocycles. The molecule has 3 nitrogen and oxygen atoms in total. The number of nitrogens with zero attached hydrogens (tertiary/aromatic N) is 2. The minimum Gasteiger partial charge on any atom is -0.383 e. The summed E-state index contributed by atoms with van der Waals surface area (Å²) in [5.74, 6) is 0.819. The van der Waals surface area contributed by atoms with Gasteiger partial charge in [0.15, 0.2) is 0 Å². The van der Waals surface area contributed by atoms with E-state index in [0.29, 0.717) is 0 Å². The Bertz CT molecular complexity index is 294. The molecule has 0 aromatic carbocycles. The summed E-state index contributed by atoms with van der Waals surface area (Å²) in [6.07, 6.45) is 5.02. The molecule has 0 amide bonds. The SMILES string of the molecule is CCCCCCn1nc(C)c(I)c1N. The fraction of sp³-hybridized carbons (Fsp3) is 0.700. The molecule has 1 rings (SSSR count). The zero-order chi connectivity index (χ0) is 10.6. The van der Waals surface area contributed by atoms with Crippen LogP contribution in [-0.4, -0.2) is 9.78 Å². The van der Waals surface area contributed by atoms with Gasteiger partial charge in [-0.25, -0.2) is 4.68 Å². The van der Waals surface area contributed by atoms with E-state index in [1.807, 2.05) is 11.6 Å². The highest BCUT2D eigenvalue weighted by atomic mass is 127. The van der Waals surface area contributed by atoms with Crippen molar-refractivity contribution in [1.29, 1.82) is 0 Å². The van der Waals surface area contributed by atoms with Gasteiger partial charge in [0.05, 0.1) is 9.26 Å². The first-order valence-electron chi connectivity index (χ1n) is 5.15. The van der Waals surface area contributed by atoms with Gasteiger partial charge in [-0.15, -0.1) is 0 Å². The largest absolute Gasteiger partial charge is 0.383 e. The highest BCUT2D eigenvalue weighted by molar-refractivity contribution is 14.1. The Hall–Kier alpha value is -0.260. The molecule has 0 radical (unpaired) electrons. The number of aryl methyl sites for hydroxylation is 2. The standard InChI is InChI=1S/C10H18IN3/c1-3-4-5-6-7-14-10(12)9(11)8(2)13-14/h3-7,12H2,1-2H3. The van der Waals surface area contributed by atoms with Crippen LogP contribution in [-0.2, 0) is 6.54 Å². The van der Waals surface area contributed by atoms with Gasteiger partial charge in [0.1, 0.15) is 5.82 Å². The van der Waals surface area contributed by atoms with Gasteiger partial charge in [-0.2, -0.15) is 5.10 Å². The van der Waals surface area contributed by atoms with Crippen LogP contribution in [0, 0.1) is 10.5 Å². The number of anilines is 1. The molecule has 0 aliphatic rings. The molecule has 0 spiro atoms. The highest BCUT2D eigenvalue weighted by Gasteiger charge is 2.08. The summed E-state index contributed by atoms with van der Waals surface area (Å²) in [4.78, 5) is 0. The third-order valence-corrected chi connectivity index (χ3v) is 3.65. The molecule has 0 aliphatic carbocycles. The third kappa shape index (κ3) is 2.87. The van der Waals surface area contributed by atoms with Crippen molar-refractivity contribution >= 4 is 28.4 Å². The van der Waals surface area contributed by atoms with Crippen LogP contribution in [0.2, 0.25) is 0 Å². The Morgan fingerprint density at radius 1 is 1.36 bits per heavy atom. The number of unbranched alkanes of at least 4 members (excludes halogenated alkanes) is 3. The normalized spacial score (nSPS) is 10.8. The molecule has 0 unspecified atom stereocenters. The van der Waals surface area contributed by atoms with Gasteiger partial charge in [-0.05, 0) is 35.9 Å². The van der Waals surface area contributed by atoms with E-state index in [9.17, 15) is 0 Å². The smallest absolute Gasteiger partial charge is 0.135 e. The molecule has 2 N–H and O–H groups in total. The maximum absolute atomic E-state index is 5.91. The van der Waals surface area contributed by atoms with Gasteiger partial charge in [-0.1, -0.05) is 26.2 Å². The van der Waals surface area contributed by atoms with Crippen molar-refractivity contribution in [3.05, 3.63) is 9.26 Å². The quantitative estimate of drug-likeness (QED) is 0.671. The van der Waals surface area contributed by atoms with Crippen LogP contribution in [0.5, 0.6) is 0 Å². The van der Waals surface area contributed by atoms with Gasteiger partial charge in [0, 0.05) is 6.54 Å². The predicted octanol–water partition coefficient (Wildman–Crippen LogP) is 2.96. The minimum atomic E-state index is 0.819. The molecular formula is C10H18IN3. The Kier molecular flexibility index (Phi) is 4.71. The number of hydrogen-bond donors (Lipinski definition) is 1. The summed E-state index contributed by atoms with van der Waals surface area (Å²) >= 11 is 2.25. The molecule has 0 saturated carbocycles. The van der Waals surface area contributed by atoms with Gasteiger partial charge in [0.2, 0.25) is 0 Å². The maximum Gasteiger partial charge on any atom is 0.135 e.